The fourth-order valence-corrected chi connectivity index (χ4v) is 4.34. The molecule has 1 aliphatic heterocycles. The summed E-state index contributed by atoms with van der Waals surface area (Å²) in [5.41, 5.74) is 2.68. The fourth-order valence-electron chi connectivity index (χ4n) is 4.08. The summed E-state index contributed by atoms with van der Waals surface area (Å²) < 4.78 is 11.6. The van der Waals surface area contributed by atoms with Crippen LogP contribution < -0.4 is 5.32 Å². The van der Waals surface area contributed by atoms with Gasteiger partial charge < -0.3 is 14.6 Å². The van der Waals surface area contributed by atoms with Gasteiger partial charge >= 0.3 is 5.97 Å². The van der Waals surface area contributed by atoms with Gasteiger partial charge in [-0.1, -0.05) is 27.2 Å². The van der Waals surface area contributed by atoms with E-state index in [2.05, 4.69) is 36.3 Å². The van der Waals surface area contributed by atoms with Gasteiger partial charge in [0.25, 0.3) is 0 Å². The Morgan fingerprint density at radius 2 is 2.03 bits per heavy atom. The van der Waals surface area contributed by atoms with Gasteiger partial charge in [0.1, 0.15) is 0 Å². The Morgan fingerprint density at radius 3 is 2.79 bits per heavy atom. The molecular formula is C25H27BrN4O4. The normalized spacial score (nSPS) is 16.3. The molecule has 0 bridgehead atoms. The van der Waals surface area contributed by atoms with Gasteiger partial charge in [-0.2, -0.15) is 4.98 Å². The van der Waals surface area contributed by atoms with Crippen LogP contribution in [-0.2, 0) is 16.1 Å². The highest BCUT2D eigenvalue weighted by atomic mass is 79.9. The zero-order valence-corrected chi connectivity index (χ0v) is 20.8. The van der Waals surface area contributed by atoms with Crippen LogP contribution in [0.3, 0.4) is 0 Å². The SMILES string of the molecule is CCOC(=O)c1cccc(NC(=O)C2CCCN(Cc3nc(-c4ccc(Br)cc4)no3)C2)c1C. The summed E-state index contributed by atoms with van der Waals surface area (Å²) in [7, 11) is 0. The lowest BCUT2D eigenvalue weighted by molar-refractivity contribution is -0.121. The number of anilines is 1. The number of ether oxygens (including phenoxy) is 1. The highest BCUT2D eigenvalue weighted by molar-refractivity contribution is 9.10. The second kappa shape index (κ2) is 10.9. The Morgan fingerprint density at radius 1 is 1.24 bits per heavy atom. The first-order valence-corrected chi connectivity index (χ1v) is 12.1. The van der Waals surface area contributed by atoms with Gasteiger partial charge in [-0.25, -0.2) is 4.79 Å². The number of amides is 1. The van der Waals surface area contributed by atoms with Crippen molar-refractivity contribution in [3.05, 3.63) is 64.0 Å². The van der Waals surface area contributed by atoms with Gasteiger partial charge in [0, 0.05) is 22.3 Å². The van der Waals surface area contributed by atoms with Crippen molar-refractivity contribution in [3.8, 4) is 11.4 Å². The van der Waals surface area contributed by atoms with Crippen LogP contribution in [0.4, 0.5) is 5.69 Å². The minimum atomic E-state index is -0.387. The lowest BCUT2D eigenvalue weighted by Gasteiger charge is -2.31. The standard InChI is InChI=1S/C25H27BrN4O4/c1-3-33-25(32)20-7-4-8-21(16(20)2)27-24(31)18-6-5-13-30(14-18)15-22-28-23(29-34-22)17-9-11-19(26)12-10-17/h4,7-12,18H,3,5-6,13-15H2,1-2H3,(H,27,31). The van der Waals surface area contributed by atoms with E-state index in [1.54, 1.807) is 25.1 Å². The highest BCUT2D eigenvalue weighted by Crippen LogP contribution is 2.24. The van der Waals surface area contributed by atoms with Gasteiger partial charge in [0.05, 0.1) is 24.6 Å². The molecular weight excluding hydrogens is 500 g/mol. The van der Waals surface area contributed by atoms with Crippen LogP contribution in [0.15, 0.2) is 51.5 Å². The molecule has 1 aliphatic rings. The number of carbonyl (C=O) groups excluding carboxylic acids is 2. The number of hydrogen-bond acceptors (Lipinski definition) is 7. The van der Waals surface area contributed by atoms with Crippen molar-refractivity contribution in [3.63, 3.8) is 0 Å². The lowest BCUT2D eigenvalue weighted by atomic mass is 9.96. The van der Waals surface area contributed by atoms with Crippen LogP contribution in [0.1, 0.15) is 41.6 Å². The van der Waals surface area contributed by atoms with E-state index >= 15 is 0 Å². The summed E-state index contributed by atoms with van der Waals surface area (Å²) >= 11 is 3.42. The molecule has 34 heavy (non-hydrogen) atoms. The predicted molar refractivity (Wildman–Crippen MR) is 131 cm³/mol. The molecule has 0 aliphatic carbocycles. The molecule has 1 aromatic heterocycles. The largest absolute Gasteiger partial charge is 0.462 e. The van der Waals surface area contributed by atoms with Gasteiger partial charge in [-0.15, -0.1) is 0 Å². The van der Waals surface area contributed by atoms with Crippen molar-refractivity contribution >= 4 is 33.5 Å². The number of halogens is 1. The van der Waals surface area contributed by atoms with Crippen LogP contribution in [0.5, 0.6) is 0 Å². The Balaban J connectivity index is 1.38. The third kappa shape index (κ3) is 5.71. The first-order chi connectivity index (χ1) is 16.4. The monoisotopic (exact) mass is 526 g/mol. The Kier molecular flexibility index (Phi) is 7.74. The van der Waals surface area contributed by atoms with Crippen LogP contribution in [0.25, 0.3) is 11.4 Å². The molecule has 4 rings (SSSR count). The summed E-state index contributed by atoms with van der Waals surface area (Å²) in [6, 6.07) is 13.0. The quantitative estimate of drug-likeness (QED) is 0.440. The number of likely N-dealkylation sites (tertiary alicyclic amines) is 1. The maximum absolute atomic E-state index is 13.0. The molecule has 2 heterocycles. The van der Waals surface area contributed by atoms with E-state index in [-0.39, 0.29) is 17.8 Å². The van der Waals surface area contributed by atoms with E-state index in [0.717, 1.165) is 29.4 Å². The molecule has 0 spiro atoms. The predicted octanol–water partition coefficient (Wildman–Crippen LogP) is 4.83. The van der Waals surface area contributed by atoms with E-state index in [9.17, 15) is 9.59 Å². The van der Waals surface area contributed by atoms with Crippen LogP contribution in [0, 0.1) is 12.8 Å². The average molecular weight is 527 g/mol. The molecule has 1 fully saturated rings. The van der Waals surface area contributed by atoms with Gasteiger partial charge in [0.15, 0.2) is 0 Å². The van der Waals surface area contributed by atoms with Crippen LogP contribution >= 0.6 is 15.9 Å². The van der Waals surface area contributed by atoms with E-state index < -0.39 is 0 Å². The molecule has 0 radical (unpaired) electrons. The van der Waals surface area contributed by atoms with Gasteiger partial charge in [-0.3, -0.25) is 9.69 Å². The van der Waals surface area contributed by atoms with Crippen LogP contribution in [0.2, 0.25) is 0 Å². The van der Waals surface area contributed by atoms with E-state index in [1.165, 1.54) is 0 Å². The van der Waals surface area contributed by atoms with Crippen molar-refractivity contribution in [1.82, 2.24) is 15.0 Å². The minimum Gasteiger partial charge on any atom is -0.462 e. The van der Waals surface area contributed by atoms with Gasteiger partial charge in [0.2, 0.25) is 17.6 Å². The number of piperidine rings is 1. The summed E-state index contributed by atoms with van der Waals surface area (Å²) in [4.78, 5) is 31.9. The maximum atomic E-state index is 13.0. The molecule has 3 aromatic rings. The molecule has 1 atom stereocenters. The second-order valence-corrected chi connectivity index (χ2v) is 9.20. The summed E-state index contributed by atoms with van der Waals surface area (Å²) in [6.45, 7) is 5.83. The average Bonchev–Trinajstić information content (AvgIpc) is 3.29. The lowest BCUT2D eigenvalue weighted by Crippen LogP contribution is -2.40. The molecule has 9 heteroatoms. The summed E-state index contributed by atoms with van der Waals surface area (Å²) in [6.07, 6.45) is 1.70. The summed E-state index contributed by atoms with van der Waals surface area (Å²) in [5, 5.41) is 7.09. The zero-order valence-electron chi connectivity index (χ0n) is 19.2. The number of rotatable bonds is 7. The molecule has 178 valence electrons. The van der Waals surface area contributed by atoms with Crippen LogP contribution in [-0.4, -0.2) is 46.6 Å². The molecule has 1 N–H and O–H groups in total. The van der Waals surface area contributed by atoms with Crippen molar-refractivity contribution in [2.75, 3.05) is 25.0 Å². The van der Waals surface area contributed by atoms with Crippen molar-refractivity contribution in [1.29, 1.82) is 0 Å². The Hall–Kier alpha value is -3.04. The number of benzene rings is 2. The molecule has 1 unspecified atom stereocenters. The Bertz CT molecular complexity index is 1160. The molecule has 8 nitrogen and oxygen atoms in total. The zero-order chi connectivity index (χ0) is 24.1. The van der Waals surface area contributed by atoms with Gasteiger partial charge in [-0.05, 0) is 75.2 Å². The smallest absolute Gasteiger partial charge is 0.338 e. The van der Waals surface area contributed by atoms with E-state index in [4.69, 9.17) is 9.26 Å². The molecule has 1 saturated heterocycles. The van der Waals surface area contributed by atoms with E-state index in [0.29, 0.717) is 48.2 Å². The van der Waals surface area contributed by atoms with Crippen molar-refractivity contribution < 1.29 is 18.8 Å². The highest BCUT2D eigenvalue weighted by Gasteiger charge is 2.27. The van der Waals surface area contributed by atoms with Crippen molar-refractivity contribution in [2.45, 2.75) is 33.2 Å². The van der Waals surface area contributed by atoms with E-state index in [1.807, 2.05) is 31.2 Å². The number of hydrogen-bond donors (Lipinski definition) is 1. The number of aromatic nitrogens is 2. The first kappa shape index (κ1) is 24.1. The third-order valence-corrected chi connectivity index (χ3v) is 6.42. The second-order valence-electron chi connectivity index (χ2n) is 8.28. The molecule has 1 amide bonds. The number of nitrogens with zero attached hydrogens (tertiary/aromatic N) is 3. The van der Waals surface area contributed by atoms with Crippen molar-refractivity contribution in [2.24, 2.45) is 5.92 Å². The maximum Gasteiger partial charge on any atom is 0.338 e. The Labute approximate surface area is 206 Å². The number of carbonyl (C=O) groups is 2. The molecule has 0 saturated carbocycles. The third-order valence-electron chi connectivity index (χ3n) is 5.89. The summed E-state index contributed by atoms with van der Waals surface area (Å²) in [5.74, 6) is 0.452. The first-order valence-electron chi connectivity index (χ1n) is 11.3. The molecule has 2 aromatic carbocycles. The number of esters is 1. The fraction of sp³-hybridized carbons (Fsp3) is 0.360. The topological polar surface area (TPSA) is 97.6 Å². The minimum absolute atomic E-state index is 0.0603. The number of nitrogens with one attached hydrogen (secondary N) is 1.